The maximum Gasteiger partial charge on any atom is 0.410 e. The van der Waals surface area contributed by atoms with Gasteiger partial charge in [-0.3, -0.25) is 0 Å². The van der Waals surface area contributed by atoms with E-state index in [1.807, 2.05) is 37.8 Å². The van der Waals surface area contributed by atoms with Gasteiger partial charge >= 0.3 is 6.09 Å². The Kier molecular flexibility index (Phi) is 6.14. The molecule has 0 aromatic carbocycles. The van der Waals surface area contributed by atoms with E-state index < -0.39 is 5.60 Å². The lowest BCUT2D eigenvalue weighted by Gasteiger charge is -2.27. The van der Waals surface area contributed by atoms with Gasteiger partial charge in [0.2, 0.25) is 0 Å². The molecule has 1 aromatic heterocycles. The summed E-state index contributed by atoms with van der Waals surface area (Å²) in [7, 11) is 0. The smallest absolute Gasteiger partial charge is 0.410 e. The lowest BCUT2D eigenvalue weighted by Crippen LogP contribution is -2.39. The van der Waals surface area contributed by atoms with Crippen molar-refractivity contribution in [2.45, 2.75) is 64.6 Å². The molecule has 1 aromatic rings. The van der Waals surface area contributed by atoms with E-state index in [2.05, 4.69) is 28.2 Å². The summed E-state index contributed by atoms with van der Waals surface area (Å²) < 4.78 is 11.8. The highest BCUT2D eigenvalue weighted by Gasteiger charge is 2.34. The van der Waals surface area contributed by atoms with Gasteiger partial charge in [0.25, 0.3) is 0 Å². The summed E-state index contributed by atoms with van der Waals surface area (Å²) in [6, 6.07) is 4.37. The van der Waals surface area contributed by atoms with Crippen LogP contribution in [0.1, 0.15) is 58.8 Å². The van der Waals surface area contributed by atoms with Crippen LogP contribution in [-0.2, 0) is 4.74 Å². The lowest BCUT2D eigenvalue weighted by atomic mass is 10.2. The predicted octanol–water partition coefficient (Wildman–Crippen LogP) is 4.48. The molecule has 1 atom stereocenters. The summed E-state index contributed by atoms with van der Waals surface area (Å²) in [6.07, 6.45) is 2.87. The average Bonchev–Trinajstić information content (AvgIpc) is 3.17. The van der Waals surface area contributed by atoms with E-state index in [9.17, 15) is 4.79 Å². The van der Waals surface area contributed by atoms with E-state index in [0.29, 0.717) is 6.04 Å². The van der Waals surface area contributed by atoms with E-state index in [0.717, 1.165) is 42.8 Å². The number of rotatable bonds is 7. The first kappa shape index (κ1) is 18.3. The number of hydrogen-bond donors (Lipinski definition) is 1. The number of nitrogens with one attached hydrogen (secondary N) is 1. The van der Waals surface area contributed by atoms with Crippen molar-refractivity contribution in [2.75, 3.05) is 13.1 Å². The molecule has 1 aliphatic carbocycles. The Bertz CT molecular complexity index is 520. The quantitative estimate of drug-likeness (QED) is 0.701. The Morgan fingerprint density at radius 1 is 1.48 bits per heavy atom. The standard InChI is InChI=1S/C17H27BrN2O3/c1-12(14-8-9-15(18)22-14)19-10-5-11-20(13-6-7-13)16(21)23-17(2,3)4/h8-9,12-13,19H,5-7,10-11H2,1-4H3. The normalized spacial score (nSPS) is 16.2. The molecule has 23 heavy (non-hydrogen) atoms. The van der Waals surface area contributed by atoms with Gasteiger partial charge in [-0.25, -0.2) is 4.79 Å². The Labute approximate surface area is 146 Å². The zero-order chi connectivity index (χ0) is 17.0. The minimum absolute atomic E-state index is 0.150. The van der Waals surface area contributed by atoms with Crippen molar-refractivity contribution in [1.82, 2.24) is 10.2 Å². The van der Waals surface area contributed by atoms with E-state index >= 15 is 0 Å². The molecular formula is C17H27BrN2O3. The van der Waals surface area contributed by atoms with Crippen LogP contribution >= 0.6 is 15.9 Å². The highest BCUT2D eigenvalue weighted by Crippen LogP contribution is 2.28. The zero-order valence-corrected chi connectivity index (χ0v) is 16.0. The fourth-order valence-electron chi connectivity index (χ4n) is 2.36. The summed E-state index contributed by atoms with van der Waals surface area (Å²) in [5.41, 5.74) is -0.441. The molecule has 1 saturated carbocycles. The molecule has 1 fully saturated rings. The Balaban J connectivity index is 1.73. The van der Waals surface area contributed by atoms with Crippen LogP contribution in [0.3, 0.4) is 0 Å². The lowest BCUT2D eigenvalue weighted by molar-refractivity contribution is 0.0231. The number of halogens is 1. The topological polar surface area (TPSA) is 54.7 Å². The van der Waals surface area contributed by atoms with Crippen LogP contribution in [0.15, 0.2) is 21.2 Å². The Morgan fingerprint density at radius 2 is 2.17 bits per heavy atom. The van der Waals surface area contributed by atoms with Crippen LogP contribution in [-0.4, -0.2) is 35.7 Å². The zero-order valence-electron chi connectivity index (χ0n) is 14.4. The van der Waals surface area contributed by atoms with Crippen LogP contribution in [0, 0.1) is 0 Å². The van der Waals surface area contributed by atoms with Gasteiger partial charge in [-0.1, -0.05) is 0 Å². The van der Waals surface area contributed by atoms with Crippen molar-refractivity contribution >= 4 is 22.0 Å². The van der Waals surface area contributed by atoms with E-state index in [1.54, 1.807) is 0 Å². The third kappa shape index (κ3) is 6.18. The highest BCUT2D eigenvalue weighted by molar-refractivity contribution is 9.10. The van der Waals surface area contributed by atoms with Crippen molar-refractivity contribution in [1.29, 1.82) is 0 Å². The highest BCUT2D eigenvalue weighted by atomic mass is 79.9. The van der Waals surface area contributed by atoms with Gasteiger partial charge in [0.1, 0.15) is 11.4 Å². The monoisotopic (exact) mass is 386 g/mol. The van der Waals surface area contributed by atoms with Gasteiger partial charge in [0.15, 0.2) is 4.67 Å². The summed E-state index contributed by atoms with van der Waals surface area (Å²) in [6.45, 7) is 9.33. The van der Waals surface area contributed by atoms with Crippen LogP contribution in [0.2, 0.25) is 0 Å². The molecule has 0 aliphatic heterocycles. The maximum absolute atomic E-state index is 12.3. The molecule has 1 amide bonds. The average molecular weight is 387 g/mol. The first-order chi connectivity index (χ1) is 10.8. The largest absolute Gasteiger partial charge is 0.453 e. The van der Waals surface area contributed by atoms with Gasteiger partial charge in [-0.15, -0.1) is 0 Å². The third-order valence-electron chi connectivity index (χ3n) is 3.66. The number of ether oxygens (including phenoxy) is 1. The summed E-state index contributed by atoms with van der Waals surface area (Å²) in [5.74, 6) is 0.906. The Morgan fingerprint density at radius 3 is 2.70 bits per heavy atom. The molecule has 1 N–H and O–H groups in total. The SMILES string of the molecule is CC(NCCCN(C(=O)OC(C)(C)C)C1CC1)c1ccc(Br)o1. The molecule has 2 rings (SSSR count). The first-order valence-electron chi connectivity index (χ1n) is 8.24. The second-order valence-electron chi connectivity index (χ2n) is 7.08. The number of carbonyl (C=O) groups is 1. The van der Waals surface area contributed by atoms with E-state index in [1.165, 1.54) is 0 Å². The Hall–Kier alpha value is -1.01. The van der Waals surface area contributed by atoms with Gasteiger partial charge in [-0.05, 0) is 81.6 Å². The van der Waals surface area contributed by atoms with Gasteiger partial charge in [-0.2, -0.15) is 0 Å². The molecule has 5 nitrogen and oxygen atoms in total. The number of nitrogens with zero attached hydrogens (tertiary/aromatic N) is 1. The third-order valence-corrected chi connectivity index (χ3v) is 4.09. The molecule has 1 unspecified atom stereocenters. The molecular weight excluding hydrogens is 360 g/mol. The molecule has 130 valence electrons. The molecule has 6 heteroatoms. The number of furan rings is 1. The fourth-order valence-corrected chi connectivity index (χ4v) is 2.68. The second-order valence-corrected chi connectivity index (χ2v) is 7.86. The number of carbonyl (C=O) groups excluding carboxylic acids is 1. The van der Waals surface area contributed by atoms with Crippen molar-refractivity contribution in [3.05, 3.63) is 22.6 Å². The van der Waals surface area contributed by atoms with Crippen molar-refractivity contribution < 1.29 is 13.9 Å². The second kappa shape index (κ2) is 7.71. The summed E-state index contributed by atoms with van der Waals surface area (Å²) in [4.78, 5) is 14.1. The molecule has 0 spiro atoms. The molecule has 0 saturated heterocycles. The van der Waals surface area contributed by atoms with Gasteiger partial charge in [0, 0.05) is 12.6 Å². The molecule has 0 bridgehead atoms. The van der Waals surface area contributed by atoms with Gasteiger partial charge < -0.3 is 19.4 Å². The first-order valence-corrected chi connectivity index (χ1v) is 9.04. The van der Waals surface area contributed by atoms with Gasteiger partial charge in [0.05, 0.1) is 6.04 Å². The van der Waals surface area contributed by atoms with E-state index in [-0.39, 0.29) is 12.1 Å². The maximum atomic E-state index is 12.3. The minimum atomic E-state index is -0.441. The van der Waals surface area contributed by atoms with Crippen LogP contribution in [0.25, 0.3) is 0 Å². The van der Waals surface area contributed by atoms with Crippen LogP contribution in [0.5, 0.6) is 0 Å². The van der Waals surface area contributed by atoms with Crippen LogP contribution in [0.4, 0.5) is 4.79 Å². The molecule has 0 radical (unpaired) electrons. The van der Waals surface area contributed by atoms with E-state index in [4.69, 9.17) is 9.15 Å². The van der Waals surface area contributed by atoms with Crippen molar-refractivity contribution in [3.63, 3.8) is 0 Å². The number of amides is 1. The summed E-state index contributed by atoms with van der Waals surface area (Å²) >= 11 is 3.31. The molecule has 1 heterocycles. The fraction of sp³-hybridized carbons (Fsp3) is 0.706. The molecule has 1 aliphatic rings. The number of hydrogen-bond acceptors (Lipinski definition) is 4. The van der Waals surface area contributed by atoms with Crippen LogP contribution < -0.4 is 5.32 Å². The summed E-state index contributed by atoms with van der Waals surface area (Å²) in [5, 5.41) is 3.42. The minimum Gasteiger partial charge on any atom is -0.453 e. The van der Waals surface area contributed by atoms with Crippen molar-refractivity contribution in [3.8, 4) is 0 Å². The predicted molar refractivity (Wildman–Crippen MR) is 93.4 cm³/mol. The van der Waals surface area contributed by atoms with Crippen molar-refractivity contribution in [2.24, 2.45) is 0 Å².